The highest BCUT2D eigenvalue weighted by Crippen LogP contribution is 2.18. The standard InChI is InChI=1S/C17H22N4OS2/c1-4-10-21-14(3)19-20-17(21)24-12-16(22)18-9-11-23-15-7-5-13(2)6-8-15/h4-8H,1,9-12H2,2-3H3,(H,18,22). The van der Waals surface area contributed by atoms with Crippen molar-refractivity contribution < 1.29 is 4.79 Å². The van der Waals surface area contributed by atoms with Crippen LogP contribution in [0.1, 0.15) is 11.4 Å². The Morgan fingerprint density at radius 3 is 2.71 bits per heavy atom. The van der Waals surface area contributed by atoms with Gasteiger partial charge in [0.15, 0.2) is 5.16 Å². The molecule has 0 saturated carbocycles. The zero-order valence-corrected chi connectivity index (χ0v) is 15.6. The number of hydrogen-bond acceptors (Lipinski definition) is 5. The van der Waals surface area contributed by atoms with Gasteiger partial charge in [0.2, 0.25) is 5.91 Å². The molecular formula is C17H22N4OS2. The second kappa shape index (κ2) is 9.54. The first-order valence-corrected chi connectivity index (χ1v) is 9.67. The molecule has 2 rings (SSSR count). The molecule has 7 heteroatoms. The second-order valence-electron chi connectivity index (χ2n) is 5.23. The topological polar surface area (TPSA) is 59.8 Å². The Labute approximate surface area is 151 Å². The monoisotopic (exact) mass is 362 g/mol. The van der Waals surface area contributed by atoms with Gasteiger partial charge in [-0.25, -0.2) is 0 Å². The summed E-state index contributed by atoms with van der Waals surface area (Å²) >= 11 is 3.13. The van der Waals surface area contributed by atoms with Crippen molar-refractivity contribution in [1.29, 1.82) is 0 Å². The van der Waals surface area contributed by atoms with Crippen molar-refractivity contribution in [2.24, 2.45) is 0 Å². The van der Waals surface area contributed by atoms with E-state index in [-0.39, 0.29) is 5.91 Å². The van der Waals surface area contributed by atoms with Crippen LogP contribution in [0.25, 0.3) is 0 Å². The molecule has 0 aliphatic carbocycles. The van der Waals surface area contributed by atoms with E-state index >= 15 is 0 Å². The number of carbonyl (C=O) groups excluding carboxylic acids is 1. The van der Waals surface area contributed by atoms with Crippen molar-refractivity contribution in [1.82, 2.24) is 20.1 Å². The Kier molecular flexibility index (Phi) is 7.39. The number of thioether (sulfide) groups is 2. The molecule has 0 fully saturated rings. The Morgan fingerprint density at radius 2 is 2.00 bits per heavy atom. The van der Waals surface area contributed by atoms with Crippen LogP contribution in [-0.2, 0) is 11.3 Å². The summed E-state index contributed by atoms with van der Waals surface area (Å²) in [6, 6.07) is 8.40. The largest absolute Gasteiger partial charge is 0.355 e. The van der Waals surface area contributed by atoms with Crippen LogP contribution in [0.15, 0.2) is 47.0 Å². The number of allylic oxidation sites excluding steroid dienone is 1. The fourth-order valence-electron chi connectivity index (χ4n) is 1.98. The van der Waals surface area contributed by atoms with E-state index in [0.717, 1.165) is 16.7 Å². The van der Waals surface area contributed by atoms with Gasteiger partial charge in [-0.05, 0) is 26.0 Å². The van der Waals surface area contributed by atoms with Crippen molar-refractivity contribution in [3.8, 4) is 0 Å². The molecule has 24 heavy (non-hydrogen) atoms. The Bertz CT molecular complexity index is 682. The highest BCUT2D eigenvalue weighted by molar-refractivity contribution is 7.99. The molecule has 5 nitrogen and oxygen atoms in total. The lowest BCUT2D eigenvalue weighted by molar-refractivity contribution is -0.118. The molecule has 1 heterocycles. The predicted octanol–water partition coefficient (Wildman–Crippen LogP) is 3.08. The van der Waals surface area contributed by atoms with Crippen molar-refractivity contribution in [3.63, 3.8) is 0 Å². The average molecular weight is 363 g/mol. The van der Waals surface area contributed by atoms with E-state index in [9.17, 15) is 4.79 Å². The summed E-state index contributed by atoms with van der Waals surface area (Å²) < 4.78 is 1.94. The molecule has 128 valence electrons. The van der Waals surface area contributed by atoms with Gasteiger partial charge in [-0.1, -0.05) is 35.5 Å². The second-order valence-corrected chi connectivity index (χ2v) is 7.34. The van der Waals surface area contributed by atoms with Gasteiger partial charge < -0.3 is 9.88 Å². The Hall–Kier alpha value is -1.73. The predicted molar refractivity (Wildman–Crippen MR) is 101 cm³/mol. The number of carbonyl (C=O) groups is 1. The van der Waals surface area contributed by atoms with Gasteiger partial charge in [-0.15, -0.1) is 28.5 Å². The SMILES string of the molecule is C=CCn1c(C)nnc1SCC(=O)NCCSc1ccc(C)cc1. The summed E-state index contributed by atoms with van der Waals surface area (Å²) in [6.07, 6.45) is 1.79. The first kappa shape index (κ1) is 18.6. The molecule has 0 spiro atoms. The maximum absolute atomic E-state index is 11.9. The first-order valence-electron chi connectivity index (χ1n) is 7.70. The lowest BCUT2D eigenvalue weighted by Gasteiger charge is -2.07. The van der Waals surface area contributed by atoms with E-state index < -0.39 is 0 Å². The zero-order chi connectivity index (χ0) is 17.4. The van der Waals surface area contributed by atoms with Gasteiger partial charge in [0.1, 0.15) is 5.82 Å². The molecule has 1 amide bonds. The molecule has 0 saturated heterocycles. The number of aryl methyl sites for hydroxylation is 2. The molecule has 2 aromatic rings. The van der Waals surface area contributed by atoms with Gasteiger partial charge in [-0.3, -0.25) is 4.79 Å². The third-order valence-electron chi connectivity index (χ3n) is 3.26. The van der Waals surface area contributed by atoms with Gasteiger partial charge >= 0.3 is 0 Å². The summed E-state index contributed by atoms with van der Waals surface area (Å²) in [4.78, 5) is 13.1. The number of rotatable bonds is 9. The van der Waals surface area contributed by atoms with Crippen molar-refractivity contribution in [2.75, 3.05) is 18.1 Å². The molecule has 1 aromatic carbocycles. The highest BCUT2D eigenvalue weighted by Gasteiger charge is 2.10. The minimum absolute atomic E-state index is 0.00955. The molecule has 0 unspecified atom stereocenters. The van der Waals surface area contributed by atoms with Crippen molar-refractivity contribution >= 4 is 29.4 Å². The molecule has 0 aliphatic heterocycles. The minimum Gasteiger partial charge on any atom is -0.355 e. The van der Waals surface area contributed by atoms with E-state index in [1.165, 1.54) is 22.2 Å². The molecular weight excluding hydrogens is 340 g/mol. The molecule has 1 aromatic heterocycles. The summed E-state index contributed by atoms with van der Waals surface area (Å²) in [5.41, 5.74) is 1.25. The third-order valence-corrected chi connectivity index (χ3v) is 5.24. The third kappa shape index (κ3) is 5.72. The van der Waals surface area contributed by atoms with Crippen LogP contribution in [0.4, 0.5) is 0 Å². The molecule has 0 aliphatic rings. The number of nitrogens with zero attached hydrogens (tertiary/aromatic N) is 3. The van der Waals surface area contributed by atoms with Crippen molar-refractivity contribution in [2.45, 2.75) is 30.4 Å². The van der Waals surface area contributed by atoms with E-state index in [1.54, 1.807) is 17.8 Å². The average Bonchev–Trinajstić information content (AvgIpc) is 2.92. The number of hydrogen-bond donors (Lipinski definition) is 1. The van der Waals surface area contributed by atoms with Gasteiger partial charge in [0.05, 0.1) is 5.75 Å². The summed E-state index contributed by atoms with van der Waals surface area (Å²) in [6.45, 7) is 8.99. The Morgan fingerprint density at radius 1 is 1.25 bits per heavy atom. The summed E-state index contributed by atoms with van der Waals surface area (Å²) in [5.74, 6) is 2.03. The molecule has 0 bridgehead atoms. The van der Waals surface area contributed by atoms with Crippen LogP contribution in [0.2, 0.25) is 0 Å². The maximum atomic E-state index is 11.9. The summed E-state index contributed by atoms with van der Waals surface area (Å²) in [7, 11) is 0. The number of amides is 1. The number of aromatic nitrogens is 3. The van der Waals surface area contributed by atoms with E-state index in [4.69, 9.17) is 0 Å². The van der Waals surface area contributed by atoms with E-state index in [2.05, 4.69) is 53.3 Å². The van der Waals surface area contributed by atoms with Gasteiger partial charge in [-0.2, -0.15) is 0 Å². The van der Waals surface area contributed by atoms with Crippen LogP contribution in [0, 0.1) is 13.8 Å². The molecule has 0 radical (unpaired) electrons. The van der Waals surface area contributed by atoms with Crippen LogP contribution in [0.3, 0.4) is 0 Å². The lowest BCUT2D eigenvalue weighted by atomic mass is 10.2. The van der Waals surface area contributed by atoms with Gasteiger partial charge in [0.25, 0.3) is 0 Å². The lowest BCUT2D eigenvalue weighted by Crippen LogP contribution is -2.27. The van der Waals surface area contributed by atoms with Crippen LogP contribution in [-0.4, -0.2) is 38.7 Å². The number of benzene rings is 1. The minimum atomic E-state index is 0.00955. The Balaban J connectivity index is 1.68. The van der Waals surface area contributed by atoms with Crippen LogP contribution < -0.4 is 5.32 Å². The molecule has 0 atom stereocenters. The maximum Gasteiger partial charge on any atom is 0.230 e. The first-order chi connectivity index (χ1) is 11.6. The fourth-order valence-corrected chi connectivity index (χ4v) is 3.57. The normalized spacial score (nSPS) is 10.6. The zero-order valence-electron chi connectivity index (χ0n) is 14.0. The van der Waals surface area contributed by atoms with Gasteiger partial charge in [0, 0.05) is 23.7 Å². The van der Waals surface area contributed by atoms with E-state index in [1.807, 2.05) is 11.5 Å². The van der Waals surface area contributed by atoms with Crippen LogP contribution in [0.5, 0.6) is 0 Å². The highest BCUT2D eigenvalue weighted by atomic mass is 32.2. The van der Waals surface area contributed by atoms with E-state index in [0.29, 0.717) is 18.8 Å². The fraction of sp³-hybridized carbons (Fsp3) is 0.353. The smallest absolute Gasteiger partial charge is 0.230 e. The van der Waals surface area contributed by atoms with Crippen LogP contribution >= 0.6 is 23.5 Å². The molecule has 1 N–H and O–H groups in total. The quantitative estimate of drug-likeness (QED) is 0.422. The number of nitrogens with one attached hydrogen (secondary N) is 1. The summed E-state index contributed by atoms with van der Waals surface area (Å²) in [5, 5.41) is 11.8. The van der Waals surface area contributed by atoms with Crippen molar-refractivity contribution in [3.05, 3.63) is 48.3 Å².